The van der Waals surface area contributed by atoms with E-state index < -0.39 is 6.04 Å². The Morgan fingerprint density at radius 3 is 2.51 bits per heavy atom. The van der Waals surface area contributed by atoms with E-state index in [1.165, 1.54) is 18.4 Å². The molecule has 2 aromatic carbocycles. The van der Waals surface area contributed by atoms with Crippen LogP contribution < -0.4 is 4.74 Å². The lowest BCUT2D eigenvalue weighted by Crippen LogP contribution is -2.40. The molecule has 0 aliphatic carbocycles. The standard InChI is InChI=1S/C30H27FN2O6/c31-22-6-3-21(4-7-22)28-25-18-23(8-5-20(25)11-12-33(28)30(35)26-2-1-15-37-26)38-19-24-9-10-27(39-24)29(34)32-13-16-36-17-14-32/h1-10,15,18,28H,11-14,16-17,19H2. The second-order valence-electron chi connectivity index (χ2n) is 9.50. The number of halogens is 1. The highest BCUT2D eigenvalue weighted by Gasteiger charge is 2.34. The summed E-state index contributed by atoms with van der Waals surface area (Å²) in [7, 11) is 0. The lowest BCUT2D eigenvalue weighted by molar-refractivity contribution is 0.0280. The molecule has 1 saturated heterocycles. The first-order chi connectivity index (χ1) is 19.1. The summed E-state index contributed by atoms with van der Waals surface area (Å²) in [5.74, 6) is 0.879. The molecule has 0 radical (unpaired) electrons. The summed E-state index contributed by atoms with van der Waals surface area (Å²) in [6.07, 6.45) is 2.13. The highest BCUT2D eigenvalue weighted by atomic mass is 19.1. The number of carbonyl (C=O) groups excluding carboxylic acids is 2. The third kappa shape index (κ3) is 5.18. The highest BCUT2D eigenvalue weighted by Crippen LogP contribution is 2.38. The van der Waals surface area contributed by atoms with E-state index in [2.05, 4.69) is 0 Å². The zero-order valence-electron chi connectivity index (χ0n) is 21.2. The second-order valence-corrected chi connectivity index (χ2v) is 9.50. The number of amides is 2. The lowest BCUT2D eigenvalue weighted by atomic mass is 9.87. The number of hydrogen-bond acceptors (Lipinski definition) is 6. The van der Waals surface area contributed by atoms with Gasteiger partial charge in [-0.15, -0.1) is 0 Å². The Morgan fingerprint density at radius 1 is 0.923 bits per heavy atom. The van der Waals surface area contributed by atoms with Crippen molar-refractivity contribution in [2.24, 2.45) is 0 Å². The molecular weight excluding hydrogens is 503 g/mol. The second kappa shape index (κ2) is 10.8. The topological polar surface area (TPSA) is 85.4 Å². The summed E-state index contributed by atoms with van der Waals surface area (Å²) in [6, 6.07) is 18.2. The zero-order chi connectivity index (χ0) is 26.8. The summed E-state index contributed by atoms with van der Waals surface area (Å²) in [5.41, 5.74) is 2.76. The first-order valence-corrected chi connectivity index (χ1v) is 12.9. The van der Waals surface area contributed by atoms with Crippen molar-refractivity contribution in [1.82, 2.24) is 9.80 Å². The van der Waals surface area contributed by atoms with E-state index in [4.69, 9.17) is 18.3 Å². The lowest BCUT2D eigenvalue weighted by Gasteiger charge is -2.37. The highest BCUT2D eigenvalue weighted by molar-refractivity contribution is 5.92. The maximum atomic E-state index is 13.8. The summed E-state index contributed by atoms with van der Waals surface area (Å²) in [6.45, 7) is 2.73. The van der Waals surface area contributed by atoms with Crippen LogP contribution in [0, 0.1) is 5.82 Å². The van der Waals surface area contributed by atoms with Gasteiger partial charge in [-0.3, -0.25) is 9.59 Å². The fourth-order valence-electron chi connectivity index (χ4n) is 5.10. The number of morpholine rings is 1. The molecule has 1 fully saturated rings. The maximum absolute atomic E-state index is 13.8. The minimum atomic E-state index is -0.447. The van der Waals surface area contributed by atoms with Gasteiger partial charge >= 0.3 is 0 Å². The molecule has 200 valence electrons. The smallest absolute Gasteiger partial charge is 0.290 e. The monoisotopic (exact) mass is 530 g/mol. The molecule has 2 amide bonds. The van der Waals surface area contributed by atoms with Crippen molar-refractivity contribution in [3.63, 3.8) is 0 Å². The Bertz CT molecular complexity index is 1460. The maximum Gasteiger partial charge on any atom is 0.290 e. The molecule has 6 rings (SSSR count). The molecule has 0 spiro atoms. The number of benzene rings is 2. The van der Waals surface area contributed by atoms with Gasteiger partial charge in [0.25, 0.3) is 11.8 Å². The minimum Gasteiger partial charge on any atom is -0.486 e. The predicted molar refractivity (Wildman–Crippen MR) is 138 cm³/mol. The van der Waals surface area contributed by atoms with Crippen molar-refractivity contribution >= 4 is 11.8 Å². The van der Waals surface area contributed by atoms with Crippen molar-refractivity contribution in [2.75, 3.05) is 32.8 Å². The molecule has 1 unspecified atom stereocenters. The summed E-state index contributed by atoms with van der Waals surface area (Å²) in [4.78, 5) is 29.5. The fraction of sp³-hybridized carbons (Fsp3) is 0.267. The quantitative estimate of drug-likeness (QED) is 0.354. The summed E-state index contributed by atoms with van der Waals surface area (Å²) < 4.78 is 36.3. The van der Waals surface area contributed by atoms with Gasteiger partial charge in [0.2, 0.25) is 0 Å². The predicted octanol–water partition coefficient (Wildman–Crippen LogP) is 4.85. The molecule has 39 heavy (non-hydrogen) atoms. The Kier molecular flexibility index (Phi) is 6.89. The van der Waals surface area contributed by atoms with E-state index in [1.807, 2.05) is 18.2 Å². The van der Waals surface area contributed by atoms with Crippen LogP contribution in [0.15, 0.2) is 81.8 Å². The zero-order valence-corrected chi connectivity index (χ0v) is 21.2. The minimum absolute atomic E-state index is 0.130. The van der Waals surface area contributed by atoms with Crippen molar-refractivity contribution in [3.8, 4) is 5.75 Å². The van der Waals surface area contributed by atoms with E-state index in [9.17, 15) is 14.0 Å². The van der Waals surface area contributed by atoms with Crippen LogP contribution in [0.2, 0.25) is 0 Å². The number of nitrogens with zero attached hydrogens (tertiary/aromatic N) is 2. The van der Waals surface area contributed by atoms with Crippen molar-refractivity contribution < 1.29 is 32.3 Å². The van der Waals surface area contributed by atoms with Crippen LogP contribution >= 0.6 is 0 Å². The molecule has 4 aromatic rings. The van der Waals surface area contributed by atoms with Gasteiger partial charge in [0.05, 0.1) is 25.5 Å². The van der Waals surface area contributed by atoms with Gasteiger partial charge in [-0.2, -0.15) is 0 Å². The van der Waals surface area contributed by atoms with Gasteiger partial charge in [-0.05, 0) is 71.6 Å². The fourth-order valence-corrected chi connectivity index (χ4v) is 5.10. The summed E-state index contributed by atoms with van der Waals surface area (Å²) in [5, 5.41) is 0. The number of furan rings is 2. The SMILES string of the molecule is O=C(c1ccc(COc2ccc3c(c2)C(c2ccc(F)cc2)N(C(=O)c2ccco2)CC3)o1)N1CCOCC1. The largest absolute Gasteiger partial charge is 0.486 e. The summed E-state index contributed by atoms with van der Waals surface area (Å²) >= 11 is 0. The van der Waals surface area contributed by atoms with Gasteiger partial charge in [-0.25, -0.2) is 4.39 Å². The third-order valence-electron chi connectivity index (χ3n) is 7.08. The average molecular weight is 531 g/mol. The number of ether oxygens (including phenoxy) is 2. The Hall–Kier alpha value is -4.37. The van der Waals surface area contributed by atoms with E-state index in [-0.39, 0.29) is 35.8 Å². The Morgan fingerprint density at radius 2 is 1.74 bits per heavy atom. The van der Waals surface area contributed by atoms with Crippen LogP contribution in [0.3, 0.4) is 0 Å². The van der Waals surface area contributed by atoms with Gasteiger partial charge in [0.15, 0.2) is 11.5 Å². The van der Waals surface area contributed by atoms with Crippen LogP contribution in [-0.4, -0.2) is 54.5 Å². The average Bonchev–Trinajstić information content (AvgIpc) is 3.69. The molecule has 4 heterocycles. The molecule has 0 saturated carbocycles. The normalized spacial score (nSPS) is 17.1. The van der Waals surface area contributed by atoms with Gasteiger partial charge in [0.1, 0.15) is 23.9 Å². The van der Waals surface area contributed by atoms with E-state index in [0.717, 1.165) is 16.7 Å². The van der Waals surface area contributed by atoms with Gasteiger partial charge in [0, 0.05) is 19.6 Å². The molecular formula is C30H27FN2O6. The molecule has 2 aromatic heterocycles. The molecule has 2 aliphatic heterocycles. The first kappa shape index (κ1) is 24.9. The van der Waals surface area contributed by atoms with E-state index >= 15 is 0 Å². The van der Waals surface area contributed by atoms with Crippen LogP contribution in [0.4, 0.5) is 4.39 Å². The number of rotatable bonds is 6. The van der Waals surface area contributed by atoms with Crippen molar-refractivity contribution in [3.05, 3.63) is 113 Å². The Labute approximate surface area is 224 Å². The molecule has 1 atom stereocenters. The van der Waals surface area contributed by atoms with E-state index in [0.29, 0.717) is 50.8 Å². The van der Waals surface area contributed by atoms with Crippen molar-refractivity contribution in [1.29, 1.82) is 0 Å². The molecule has 9 heteroatoms. The molecule has 8 nitrogen and oxygen atoms in total. The number of fused-ring (bicyclic) bond motifs is 1. The number of carbonyl (C=O) groups is 2. The van der Waals surface area contributed by atoms with E-state index in [1.54, 1.807) is 46.2 Å². The van der Waals surface area contributed by atoms with Crippen LogP contribution in [0.25, 0.3) is 0 Å². The third-order valence-corrected chi connectivity index (χ3v) is 7.08. The van der Waals surface area contributed by atoms with Crippen molar-refractivity contribution in [2.45, 2.75) is 19.1 Å². The van der Waals surface area contributed by atoms with Gasteiger partial charge in [-0.1, -0.05) is 18.2 Å². The molecule has 0 N–H and O–H groups in total. The number of hydrogen-bond donors (Lipinski definition) is 0. The molecule has 2 aliphatic rings. The molecule has 0 bridgehead atoms. The Balaban J connectivity index is 1.23. The van der Waals surface area contributed by atoms with Gasteiger partial charge < -0.3 is 28.1 Å². The van der Waals surface area contributed by atoms with Crippen LogP contribution in [0.5, 0.6) is 5.75 Å². The first-order valence-electron chi connectivity index (χ1n) is 12.9. The van der Waals surface area contributed by atoms with Crippen LogP contribution in [0.1, 0.15) is 49.6 Å². The van der Waals surface area contributed by atoms with Crippen LogP contribution in [-0.2, 0) is 17.8 Å².